The second kappa shape index (κ2) is 8.12. The smallest absolute Gasteiger partial charge is 0.256 e. The molecule has 1 saturated heterocycles. The third-order valence-electron chi connectivity index (χ3n) is 3.90. The summed E-state index contributed by atoms with van der Waals surface area (Å²) in [4.78, 5) is 16.7. The third-order valence-corrected chi connectivity index (χ3v) is 3.90. The van der Waals surface area contributed by atoms with Gasteiger partial charge in [0.05, 0.1) is 0 Å². The number of nitrogens with zero attached hydrogens (tertiary/aromatic N) is 2. The van der Waals surface area contributed by atoms with Crippen molar-refractivity contribution >= 4 is 5.91 Å². The summed E-state index contributed by atoms with van der Waals surface area (Å²) in [5.41, 5.74) is 0.902. The first-order valence-corrected chi connectivity index (χ1v) is 7.48. The fraction of sp³-hybridized carbons (Fsp3) is 0.562. The highest BCUT2D eigenvalue weighted by molar-refractivity contribution is 5.82. The molecule has 0 saturated carbocycles. The Kier molecular flexibility index (Phi) is 6.17. The monoisotopic (exact) mass is 291 g/mol. The summed E-state index contributed by atoms with van der Waals surface area (Å²) >= 11 is 0. The average Bonchev–Trinajstić information content (AvgIpc) is 2.55. The molecule has 1 amide bonds. The molecule has 0 radical (unpaired) electrons. The molecule has 0 aromatic heterocycles. The molecule has 1 aliphatic heterocycles. The zero-order valence-electron chi connectivity index (χ0n) is 12.9. The highest BCUT2D eigenvalue weighted by Crippen LogP contribution is 2.18. The van der Waals surface area contributed by atoms with Gasteiger partial charge in [-0.15, -0.1) is 0 Å². The third kappa shape index (κ3) is 4.52. The van der Waals surface area contributed by atoms with Crippen molar-refractivity contribution in [2.75, 3.05) is 53.4 Å². The Hall–Kier alpha value is -1.43. The molecule has 1 aromatic rings. The summed E-state index contributed by atoms with van der Waals surface area (Å²) in [5.74, 6) is 0.0128. The molecule has 0 aliphatic carbocycles. The lowest BCUT2D eigenvalue weighted by atomic mass is 10.1. The van der Waals surface area contributed by atoms with Crippen LogP contribution in [-0.2, 0) is 9.53 Å². The highest BCUT2D eigenvalue weighted by atomic mass is 16.5. The standard InChI is InChI=1S/C16H25N3O2/c1-18(12-13-19-10-8-17-9-11-19)16(20)15(21-2)14-6-4-3-5-7-14/h3-7,15,17H,8-13H2,1-2H3. The Balaban J connectivity index is 1.88. The lowest BCUT2D eigenvalue weighted by molar-refractivity contribution is -0.141. The van der Waals surface area contributed by atoms with Crippen LogP contribution in [-0.4, -0.2) is 69.1 Å². The van der Waals surface area contributed by atoms with Crippen molar-refractivity contribution in [3.63, 3.8) is 0 Å². The number of carbonyl (C=O) groups is 1. The van der Waals surface area contributed by atoms with E-state index in [4.69, 9.17) is 4.74 Å². The molecule has 1 aliphatic rings. The van der Waals surface area contributed by atoms with Gasteiger partial charge in [0.25, 0.3) is 5.91 Å². The lowest BCUT2D eigenvalue weighted by Crippen LogP contribution is -2.47. The van der Waals surface area contributed by atoms with E-state index in [1.165, 1.54) is 0 Å². The van der Waals surface area contributed by atoms with Gasteiger partial charge in [-0.05, 0) is 5.56 Å². The van der Waals surface area contributed by atoms with Crippen LogP contribution in [0.1, 0.15) is 11.7 Å². The fourth-order valence-electron chi connectivity index (χ4n) is 2.54. The first-order chi connectivity index (χ1) is 10.2. The Labute approximate surface area is 126 Å². The van der Waals surface area contributed by atoms with E-state index in [9.17, 15) is 4.79 Å². The number of ether oxygens (including phenoxy) is 1. The van der Waals surface area contributed by atoms with Crippen molar-refractivity contribution in [2.45, 2.75) is 6.10 Å². The number of benzene rings is 1. The number of nitrogens with one attached hydrogen (secondary N) is 1. The highest BCUT2D eigenvalue weighted by Gasteiger charge is 2.23. The predicted molar refractivity (Wildman–Crippen MR) is 83.1 cm³/mol. The largest absolute Gasteiger partial charge is 0.367 e. The molecule has 1 aromatic carbocycles. The lowest BCUT2D eigenvalue weighted by Gasteiger charge is -2.30. The van der Waals surface area contributed by atoms with Crippen molar-refractivity contribution in [1.82, 2.24) is 15.1 Å². The number of carbonyl (C=O) groups excluding carboxylic acids is 1. The number of hydrogen-bond acceptors (Lipinski definition) is 4. The van der Waals surface area contributed by atoms with Gasteiger partial charge in [-0.25, -0.2) is 0 Å². The Morgan fingerprint density at radius 3 is 2.62 bits per heavy atom. The van der Waals surface area contributed by atoms with Crippen molar-refractivity contribution < 1.29 is 9.53 Å². The van der Waals surface area contributed by atoms with E-state index in [0.29, 0.717) is 0 Å². The Morgan fingerprint density at radius 2 is 2.00 bits per heavy atom. The number of amides is 1. The normalized spacial score (nSPS) is 17.4. The van der Waals surface area contributed by atoms with Crippen molar-refractivity contribution in [3.8, 4) is 0 Å². The van der Waals surface area contributed by atoms with Crippen molar-refractivity contribution in [2.24, 2.45) is 0 Å². The molecule has 116 valence electrons. The quantitative estimate of drug-likeness (QED) is 0.839. The molecular formula is C16H25N3O2. The van der Waals surface area contributed by atoms with Crippen LogP contribution in [0.15, 0.2) is 30.3 Å². The predicted octanol–water partition coefficient (Wildman–Crippen LogP) is 0.738. The molecule has 2 rings (SSSR count). The van der Waals surface area contributed by atoms with Crippen molar-refractivity contribution in [3.05, 3.63) is 35.9 Å². The molecule has 1 N–H and O–H groups in total. The SMILES string of the molecule is COC(C(=O)N(C)CCN1CCNCC1)c1ccccc1. The molecule has 1 atom stereocenters. The van der Waals surface area contributed by atoms with Crippen LogP contribution in [0.4, 0.5) is 0 Å². The zero-order valence-corrected chi connectivity index (χ0v) is 12.9. The molecule has 1 heterocycles. The summed E-state index contributed by atoms with van der Waals surface area (Å²) in [6, 6.07) is 9.64. The van der Waals surface area contributed by atoms with E-state index in [0.717, 1.165) is 44.8 Å². The number of hydrogen-bond donors (Lipinski definition) is 1. The van der Waals surface area contributed by atoms with Gasteiger partial charge in [0, 0.05) is 53.4 Å². The van der Waals surface area contributed by atoms with Crippen LogP contribution in [0.2, 0.25) is 0 Å². The second-order valence-electron chi connectivity index (χ2n) is 5.38. The van der Waals surface area contributed by atoms with E-state index in [1.54, 1.807) is 12.0 Å². The maximum atomic E-state index is 12.5. The molecule has 0 spiro atoms. The van der Waals surface area contributed by atoms with Gasteiger partial charge in [0.2, 0.25) is 0 Å². The zero-order chi connectivity index (χ0) is 15.1. The van der Waals surface area contributed by atoms with E-state index in [1.807, 2.05) is 37.4 Å². The van der Waals surface area contributed by atoms with Gasteiger partial charge in [-0.2, -0.15) is 0 Å². The molecule has 5 heteroatoms. The van der Waals surface area contributed by atoms with Crippen LogP contribution in [0, 0.1) is 0 Å². The minimum Gasteiger partial charge on any atom is -0.367 e. The summed E-state index contributed by atoms with van der Waals surface area (Å²) in [5, 5.41) is 3.33. The first kappa shape index (κ1) is 15.9. The van der Waals surface area contributed by atoms with Gasteiger partial charge < -0.3 is 15.0 Å². The van der Waals surface area contributed by atoms with Gasteiger partial charge in [-0.3, -0.25) is 9.69 Å². The first-order valence-electron chi connectivity index (χ1n) is 7.48. The minimum absolute atomic E-state index is 0.0128. The average molecular weight is 291 g/mol. The van der Waals surface area contributed by atoms with Gasteiger partial charge in [0.1, 0.15) is 0 Å². The molecule has 1 fully saturated rings. The topological polar surface area (TPSA) is 44.8 Å². The van der Waals surface area contributed by atoms with Crippen LogP contribution in [0.5, 0.6) is 0 Å². The minimum atomic E-state index is -0.515. The molecular weight excluding hydrogens is 266 g/mol. The molecule has 5 nitrogen and oxygen atoms in total. The fourth-order valence-corrected chi connectivity index (χ4v) is 2.54. The molecule has 0 bridgehead atoms. The maximum Gasteiger partial charge on any atom is 0.256 e. The number of likely N-dealkylation sites (N-methyl/N-ethyl adjacent to an activating group) is 1. The molecule has 21 heavy (non-hydrogen) atoms. The maximum absolute atomic E-state index is 12.5. The van der Waals surface area contributed by atoms with E-state index in [-0.39, 0.29) is 5.91 Å². The van der Waals surface area contributed by atoms with E-state index >= 15 is 0 Å². The number of piperazine rings is 1. The van der Waals surface area contributed by atoms with Crippen LogP contribution >= 0.6 is 0 Å². The van der Waals surface area contributed by atoms with Gasteiger partial charge in [-0.1, -0.05) is 30.3 Å². The van der Waals surface area contributed by atoms with Gasteiger partial charge in [0.15, 0.2) is 6.10 Å². The van der Waals surface area contributed by atoms with Crippen LogP contribution in [0.25, 0.3) is 0 Å². The van der Waals surface area contributed by atoms with E-state index in [2.05, 4.69) is 10.2 Å². The van der Waals surface area contributed by atoms with Crippen LogP contribution in [0.3, 0.4) is 0 Å². The Morgan fingerprint density at radius 1 is 1.33 bits per heavy atom. The molecule has 1 unspecified atom stereocenters. The summed E-state index contributed by atoms with van der Waals surface area (Å²) in [6.45, 7) is 5.80. The summed E-state index contributed by atoms with van der Waals surface area (Å²) in [7, 11) is 3.43. The number of methoxy groups -OCH3 is 1. The Bertz CT molecular complexity index is 432. The number of rotatable bonds is 6. The second-order valence-corrected chi connectivity index (χ2v) is 5.38. The van der Waals surface area contributed by atoms with Crippen LogP contribution < -0.4 is 5.32 Å². The van der Waals surface area contributed by atoms with Crippen molar-refractivity contribution in [1.29, 1.82) is 0 Å². The van der Waals surface area contributed by atoms with E-state index < -0.39 is 6.10 Å². The summed E-state index contributed by atoms with van der Waals surface area (Å²) in [6.07, 6.45) is -0.515. The summed E-state index contributed by atoms with van der Waals surface area (Å²) < 4.78 is 5.40. The van der Waals surface area contributed by atoms with Gasteiger partial charge >= 0.3 is 0 Å².